The highest BCUT2D eigenvalue weighted by Gasteiger charge is 2.22. The SMILES string of the molecule is CC(=O)OCCC1=C(C)CCN(N)C1=O. The molecule has 0 spiro atoms. The maximum absolute atomic E-state index is 11.6. The van der Waals surface area contributed by atoms with Crippen LogP contribution in [-0.2, 0) is 14.3 Å². The van der Waals surface area contributed by atoms with E-state index in [9.17, 15) is 9.59 Å². The fraction of sp³-hybridized carbons (Fsp3) is 0.600. The summed E-state index contributed by atoms with van der Waals surface area (Å²) >= 11 is 0. The molecule has 15 heavy (non-hydrogen) atoms. The molecule has 1 amide bonds. The Morgan fingerprint density at radius 1 is 1.60 bits per heavy atom. The first-order valence-electron chi connectivity index (χ1n) is 4.91. The molecule has 2 N–H and O–H groups in total. The molecule has 0 aromatic heterocycles. The maximum Gasteiger partial charge on any atom is 0.302 e. The average Bonchev–Trinajstić information content (AvgIpc) is 2.17. The zero-order valence-electron chi connectivity index (χ0n) is 9.08. The number of nitrogens with two attached hydrogens (primary N) is 1. The highest BCUT2D eigenvalue weighted by molar-refractivity contribution is 5.94. The number of amides is 1. The zero-order chi connectivity index (χ0) is 11.4. The lowest BCUT2D eigenvalue weighted by Crippen LogP contribution is -2.42. The summed E-state index contributed by atoms with van der Waals surface area (Å²) in [7, 11) is 0. The third-order valence-corrected chi connectivity index (χ3v) is 2.42. The number of hydrogen-bond donors (Lipinski definition) is 1. The Morgan fingerprint density at radius 2 is 2.27 bits per heavy atom. The van der Waals surface area contributed by atoms with Crippen LogP contribution >= 0.6 is 0 Å². The molecule has 1 aliphatic heterocycles. The third-order valence-electron chi connectivity index (χ3n) is 2.42. The van der Waals surface area contributed by atoms with Gasteiger partial charge < -0.3 is 4.74 Å². The molecule has 5 heteroatoms. The Kier molecular flexibility index (Phi) is 3.85. The summed E-state index contributed by atoms with van der Waals surface area (Å²) in [6.07, 6.45) is 1.23. The summed E-state index contributed by atoms with van der Waals surface area (Å²) in [5, 5.41) is 1.20. The van der Waals surface area contributed by atoms with Crippen molar-refractivity contribution >= 4 is 11.9 Å². The number of hydrogen-bond acceptors (Lipinski definition) is 4. The minimum Gasteiger partial charge on any atom is -0.466 e. The van der Waals surface area contributed by atoms with Gasteiger partial charge in [-0.2, -0.15) is 0 Å². The molecule has 0 fully saturated rings. The molecule has 0 aromatic rings. The maximum atomic E-state index is 11.6. The molecule has 1 heterocycles. The molecule has 5 nitrogen and oxygen atoms in total. The highest BCUT2D eigenvalue weighted by Crippen LogP contribution is 2.19. The van der Waals surface area contributed by atoms with Crippen LogP contribution < -0.4 is 5.84 Å². The van der Waals surface area contributed by atoms with Crippen molar-refractivity contribution in [3.8, 4) is 0 Å². The molecule has 0 radical (unpaired) electrons. The standard InChI is InChI=1S/C10H16N2O3/c1-7-3-5-12(11)10(14)9(7)4-6-15-8(2)13/h3-6,11H2,1-2H3. The van der Waals surface area contributed by atoms with Gasteiger partial charge in [0, 0.05) is 25.5 Å². The van der Waals surface area contributed by atoms with Gasteiger partial charge in [-0.1, -0.05) is 5.57 Å². The van der Waals surface area contributed by atoms with Gasteiger partial charge in [0.15, 0.2) is 0 Å². The second-order valence-corrected chi connectivity index (χ2v) is 3.60. The van der Waals surface area contributed by atoms with Gasteiger partial charge in [0.1, 0.15) is 0 Å². The smallest absolute Gasteiger partial charge is 0.302 e. The van der Waals surface area contributed by atoms with Crippen LogP contribution in [0, 0.1) is 0 Å². The van der Waals surface area contributed by atoms with Crippen molar-refractivity contribution in [3.63, 3.8) is 0 Å². The first-order chi connectivity index (χ1) is 7.02. The van der Waals surface area contributed by atoms with Crippen molar-refractivity contribution < 1.29 is 14.3 Å². The largest absolute Gasteiger partial charge is 0.466 e. The minimum atomic E-state index is -0.332. The lowest BCUT2D eigenvalue weighted by atomic mass is 9.99. The topological polar surface area (TPSA) is 72.6 Å². The first kappa shape index (κ1) is 11.7. The normalized spacial score (nSPS) is 17.0. The summed E-state index contributed by atoms with van der Waals surface area (Å²) in [5.41, 5.74) is 1.71. The Labute approximate surface area is 88.8 Å². The number of ether oxygens (including phenoxy) is 1. The van der Waals surface area contributed by atoms with Crippen LogP contribution in [0.25, 0.3) is 0 Å². The third kappa shape index (κ3) is 3.06. The van der Waals surface area contributed by atoms with Gasteiger partial charge in [0.2, 0.25) is 0 Å². The van der Waals surface area contributed by atoms with E-state index in [0.717, 1.165) is 12.0 Å². The molecular weight excluding hydrogens is 196 g/mol. The number of nitrogens with zero attached hydrogens (tertiary/aromatic N) is 1. The number of rotatable bonds is 3. The van der Waals surface area contributed by atoms with E-state index in [-0.39, 0.29) is 18.5 Å². The van der Waals surface area contributed by atoms with Gasteiger partial charge in [-0.25, -0.2) is 5.84 Å². The van der Waals surface area contributed by atoms with E-state index >= 15 is 0 Å². The molecule has 0 saturated heterocycles. The lowest BCUT2D eigenvalue weighted by Gasteiger charge is -2.25. The number of carbonyl (C=O) groups is 2. The van der Waals surface area contributed by atoms with Gasteiger partial charge in [-0.3, -0.25) is 14.6 Å². The van der Waals surface area contributed by atoms with Crippen molar-refractivity contribution in [1.29, 1.82) is 0 Å². The molecule has 0 unspecified atom stereocenters. The Balaban J connectivity index is 2.57. The quantitative estimate of drug-likeness (QED) is 0.416. The van der Waals surface area contributed by atoms with Gasteiger partial charge in [-0.05, 0) is 13.3 Å². The van der Waals surface area contributed by atoms with E-state index in [1.807, 2.05) is 6.92 Å². The molecule has 1 aliphatic rings. The van der Waals surface area contributed by atoms with E-state index in [1.165, 1.54) is 11.9 Å². The average molecular weight is 212 g/mol. The summed E-state index contributed by atoms with van der Waals surface area (Å²) in [6, 6.07) is 0. The first-order valence-corrected chi connectivity index (χ1v) is 4.91. The monoisotopic (exact) mass is 212 g/mol. The van der Waals surface area contributed by atoms with E-state index in [4.69, 9.17) is 10.6 Å². The Hall–Kier alpha value is -1.36. The van der Waals surface area contributed by atoms with Crippen LogP contribution in [0.15, 0.2) is 11.1 Å². The van der Waals surface area contributed by atoms with Crippen LogP contribution in [0.3, 0.4) is 0 Å². The number of hydrazine groups is 1. The van der Waals surface area contributed by atoms with Crippen LogP contribution in [0.4, 0.5) is 0 Å². The van der Waals surface area contributed by atoms with Crippen LogP contribution in [-0.4, -0.2) is 30.0 Å². The minimum absolute atomic E-state index is 0.161. The fourth-order valence-electron chi connectivity index (χ4n) is 1.51. The van der Waals surface area contributed by atoms with Gasteiger partial charge in [0.05, 0.1) is 6.61 Å². The van der Waals surface area contributed by atoms with E-state index < -0.39 is 0 Å². The second-order valence-electron chi connectivity index (χ2n) is 3.60. The van der Waals surface area contributed by atoms with Gasteiger partial charge >= 0.3 is 5.97 Å². The Morgan fingerprint density at radius 3 is 2.87 bits per heavy atom. The summed E-state index contributed by atoms with van der Waals surface area (Å²) in [4.78, 5) is 22.2. The van der Waals surface area contributed by atoms with E-state index in [1.54, 1.807) is 0 Å². The second kappa shape index (κ2) is 4.93. The van der Waals surface area contributed by atoms with Crippen LogP contribution in [0.1, 0.15) is 26.7 Å². The van der Waals surface area contributed by atoms with Crippen molar-refractivity contribution in [1.82, 2.24) is 5.01 Å². The molecule has 0 aliphatic carbocycles. The van der Waals surface area contributed by atoms with Crippen molar-refractivity contribution in [2.24, 2.45) is 5.84 Å². The highest BCUT2D eigenvalue weighted by atomic mass is 16.5. The van der Waals surface area contributed by atoms with Gasteiger partial charge in [-0.15, -0.1) is 0 Å². The molecule has 1 rings (SSSR count). The van der Waals surface area contributed by atoms with Gasteiger partial charge in [0.25, 0.3) is 5.91 Å². The van der Waals surface area contributed by atoms with Crippen LogP contribution in [0.5, 0.6) is 0 Å². The van der Waals surface area contributed by atoms with E-state index in [0.29, 0.717) is 18.5 Å². The molecule has 0 bridgehead atoms. The summed E-state index contributed by atoms with van der Waals surface area (Å²) < 4.78 is 4.79. The fourth-order valence-corrected chi connectivity index (χ4v) is 1.51. The number of carbonyl (C=O) groups excluding carboxylic acids is 2. The zero-order valence-corrected chi connectivity index (χ0v) is 9.08. The molecule has 0 aromatic carbocycles. The summed E-state index contributed by atoms with van der Waals surface area (Å²) in [6.45, 7) is 4.05. The Bertz CT molecular complexity index is 310. The molecule has 0 atom stereocenters. The predicted octanol–water partition coefficient (Wildman–Crippen LogP) is 0.362. The van der Waals surface area contributed by atoms with Crippen molar-refractivity contribution in [2.45, 2.75) is 26.7 Å². The summed E-state index contributed by atoms with van der Waals surface area (Å²) in [5.74, 6) is 5.01. The van der Waals surface area contributed by atoms with E-state index in [2.05, 4.69) is 0 Å². The number of esters is 1. The molecule has 0 saturated carbocycles. The predicted molar refractivity (Wildman–Crippen MR) is 54.5 cm³/mol. The van der Waals surface area contributed by atoms with Crippen molar-refractivity contribution in [3.05, 3.63) is 11.1 Å². The molecule has 84 valence electrons. The lowest BCUT2D eigenvalue weighted by molar-refractivity contribution is -0.141. The van der Waals surface area contributed by atoms with Crippen LogP contribution in [0.2, 0.25) is 0 Å². The molecular formula is C10H16N2O3. The van der Waals surface area contributed by atoms with Crippen molar-refractivity contribution in [2.75, 3.05) is 13.2 Å².